The van der Waals surface area contributed by atoms with Crippen LogP contribution in [0.5, 0.6) is 0 Å². The molecule has 0 fully saturated rings. The summed E-state index contributed by atoms with van der Waals surface area (Å²) >= 11 is 0. The summed E-state index contributed by atoms with van der Waals surface area (Å²) in [5, 5.41) is 0. The Kier molecular flexibility index (Phi) is 19.0. The van der Waals surface area contributed by atoms with Crippen LogP contribution in [0.4, 0.5) is 0 Å². The average Bonchev–Trinajstić information content (AvgIpc) is 2.73. The Morgan fingerprint density at radius 3 is 2.03 bits per heavy atom. The number of hydrogen-bond donors (Lipinski definition) is 2. The molecule has 0 aromatic rings. The van der Waals surface area contributed by atoms with Gasteiger partial charge in [-0.25, -0.2) is 4.57 Å². The van der Waals surface area contributed by atoms with Gasteiger partial charge >= 0.3 is 19.8 Å². The molecule has 0 aromatic heterocycles. The minimum Gasteiger partial charge on any atom is -0.462 e. The lowest BCUT2D eigenvalue weighted by molar-refractivity contribution is -0.161. The first-order valence-electron chi connectivity index (χ1n) is 11.5. The molecule has 9 nitrogen and oxygen atoms in total. The Bertz CT molecular complexity index is 518. The standard InChI is InChI=1S/C21H42NO8P/c1-3-5-6-7-8-9-10-11-12-14-21(24)30-19(17-27-20(23)13-4-2)18-29-31(25,26)28-16-15-22/h19H,3-18,22H2,1-2H3,(H,25,26). The van der Waals surface area contributed by atoms with E-state index in [1.165, 1.54) is 32.1 Å². The van der Waals surface area contributed by atoms with Crippen LogP contribution in [0.3, 0.4) is 0 Å². The minimum absolute atomic E-state index is 0.0553. The second kappa shape index (κ2) is 19.7. The van der Waals surface area contributed by atoms with Crippen molar-refractivity contribution in [2.75, 3.05) is 26.4 Å². The zero-order valence-corrected chi connectivity index (χ0v) is 20.1. The van der Waals surface area contributed by atoms with E-state index in [0.29, 0.717) is 12.8 Å². The lowest BCUT2D eigenvalue weighted by Gasteiger charge is -2.19. The first kappa shape index (κ1) is 30.0. The third-order valence-electron chi connectivity index (χ3n) is 4.46. The summed E-state index contributed by atoms with van der Waals surface area (Å²) in [5.41, 5.74) is 5.23. The molecule has 3 N–H and O–H groups in total. The van der Waals surface area contributed by atoms with Crippen molar-refractivity contribution in [2.24, 2.45) is 5.73 Å². The number of nitrogens with two attached hydrogens (primary N) is 1. The molecule has 31 heavy (non-hydrogen) atoms. The molecule has 0 aliphatic heterocycles. The topological polar surface area (TPSA) is 134 Å². The van der Waals surface area contributed by atoms with Gasteiger partial charge in [0.15, 0.2) is 6.10 Å². The SMILES string of the molecule is CCCCCCCCCCCC(=O)OC(COC(=O)CCC)COP(=O)(O)OCCN. The van der Waals surface area contributed by atoms with Crippen LogP contribution in [-0.2, 0) is 32.7 Å². The molecular weight excluding hydrogens is 425 g/mol. The Morgan fingerprint density at radius 1 is 0.839 bits per heavy atom. The Balaban J connectivity index is 4.29. The number of phosphoric acid groups is 1. The summed E-state index contributed by atoms with van der Waals surface area (Å²) in [6, 6.07) is 0. The highest BCUT2D eigenvalue weighted by Crippen LogP contribution is 2.43. The van der Waals surface area contributed by atoms with Crippen molar-refractivity contribution in [1.82, 2.24) is 0 Å². The van der Waals surface area contributed by atoms with Crippen molar-refractivity contribution in [3.8, 4) is 0 Å². The summed E-state index contributed by atoms with van der Waals surface area (Å²) < 4.78 is 31.6. The van der Waals surface area contributed by atoms with Crippen LogP contribution in [-0.4, -0.2) is 49.3 Å². The van der Waals surface area contributed by atoms with E-state index in [1.807, 2.05) is 6.92 Å². The molecule has 0 heterocycles. The summed E-state index contributed by atoms with van der Waals surface area (Å²) in [6.07, 6.45) is 10.3. The number of ether oxygens (including phenoxy) is 2. The zero-order chi connectivity index (χ0) is 23.4. The molecule has 0 rings (SSSR count). The number of hydrogen-bond acceptors (Lipinski definition) is 8. The summed E-state index contributed by atoms with van der Waals surface area (Å²) in [4.78, 5) is 33.3. The predicted octanol–water partition coefficient (Wildman–Crippen LogP) is 4.25. The fourth-order valence-electron chi connectivity index (χ4n) is 2.79. The molecule has 0 saturated carbocycles. The molecule has 2 unspecified atom stereocenters. The van der Waals surface area contributed by atoms with Gasteiger partial charge in [0.1, 0.15) is 6.61 Å². The average molecular weight is 468 g/mol. The molecular formula is C21H42NO8P. The van der Waals surface area contributed by atoms with E-state index in [0.717, 1.165) is 19.3 Å². The maximum absolute atomic E-state index is 12.1. The van der Waals surface area contributed by atoms with Gasteiger partial charge in [0.2, 0.25) is 0 Å². The van der Waals surface area contributed by atoms with Crippen LogP contribution < -0.4 is 5.73 Å². The van der Waals surface area contributed by atoms with E-state index in [2.05, 4.69) is 11.4 Å². The molecule has 0 aliphatic carbocycles. The van der Waals surface area contributed by atoms with E-state index >= 15 is 0 Å². The van der Waals surface area contributed by atoms with E-state index < -0.39 is 32.5 Å². The van der Waals surface area contributed by atoms with E-state index in [-0.39, 0.29) is 32.6 Å². The second-order valence-electron chi connectivity index (χ2n) is 7.51. The van der Waals surface area contributed by atoms with Crippen LogP contribution in [0.15, 0.2) is 0 Å². The molecule has 0 amide bonds. The van der Waals surface area contributed by atoms with Crippen LogP contribution in [0, 0.1) is 0 Å². The maximum Gasteiger partial charge on any atom is 0.472 e. The Morgan fingerprint density at radius 2 is 1.45 bits per heavy atom. The van der Waals surface area contributed by atoms with Gasteiger partial charge in [-0.1, -0.05) is 65.2 Å². The predicted molar refractivity (Wildman–Crippen MR) is 118 cm³/mol. The quantitative estimate of drug-likeness (QED) is 0.144. The van der Waals surface area contributed by atoms with E-state index in [4.69, 9.17) is 19.7 Å². The van der Waals surface area contributed by atoms with Crippen molar-refractivity contribution >= 4 is 19.8 Å². The first-order chi connectivity index (χ1) is 14.8. The highest BCUT2D eigenvalue weighted by atomic mass is 31.2. The normalized spacial score (nSPS) is 14.1. The van der Waals surface area contributed by atoms with E-state index in [1.54, 1.807) is 0 Å². The highest BCUT2D eigenvalue weighted by molar-refractivity contribution is 7.47. The molecule has 184 valence electrons. The van der Waals surface area contributed by atoms with Gasteiger partial charge in [0.05, 0.1) is 13.2 Å². The molecule has 0 saturated heterocycles. The zero-order valence-electron chi connectivity index (χ0n) is 19.2. The second-order valence-corrected chi connectivity index (χ2v) is 8.96. The van der Waals surface area contributed by atoms with Crippen molar-refractivity contribution in [2.45, 2.75) is 97.0 Å². The van der Waals surface area contributed by atoms with Crippen LogP contribution in [0.2, 0.25) is 0 Å². The van der Waals surface area contributed by atoms with Crippen LogP contribution >= 0.6 is 7.82 Å². The summed E-state index contributed by atoms with van der Waals surface area (Å²) in [5.74, 6) is -0.896. The molecule has 2 atom stereocenters. The van der Waals surface area contributed by atoms with Gasteiger partial charge in [-0.15, -0.1) is 0 Å². The molecule has 0 bridgehead atoms. The van der Waals surface area contributed by atoms with Gasteiger partial charge in [-0.3, -0.25) is 18.6 Å². The lowest BCUT2D eigenvalue weighted by Crippen LogP contribution is -2.29. The smallest absolute Gasteiger partial charge is 0.462 e. The molecule has 0 aromatic carbocycles. The van der Waals surface area contributed by atoms with Gasteiger partial charge in [0.25, 0.3) is 0 Å². The minimum atomic E-state index is -4.32. The van der Waals surface area contributed by atoms with Gasteiger partial charge in [-0.2, -0.15) is 0 Å². The van der Waals surface area contributed by atoms with Crippen molar-refractivity contribution in [1.29, 1.82) is 0 Å². The Hall–Kier alpha value is -0.990. The molecule has 0 aliphatic rings. The van der Waals surface area contributed by atoms with Crippen LogP contribution in [0.25, 0.3) is 0 Å². The number of unbranched alkanes of at least 4 members (excludes halogenated alkanes) is 8. The van der Waals surface area contributed by atoms with E-state index in [9.17, 15) is 19.0 Å². The Labute approximate surface area is 186 Å². The van der Waals surface area contributed by atoms with Crippen LogP contribution in [0.1, 0.15) is 90.9 Å². The monoisotopic (exact) mass is 467 g/mol. The number of carbonyl (C=O) groups excluding carboxylic acids is 2. The van der Waals surface area contributed by atoms with Crippen molar-refractivity contribution in [3.05, 3.63) is 0 Å². The maximum atomic E-state index is 12.1. The number of esters is 2. The van der Waals surface area contributed by atoms with Gasteiger partial charge < -0.3 is 20.1 Å². The number of carbonyl (C=O) groups is 2. The fraction of sp³-hybridized carbons (Fsp3) is 0.905. The van der Waals surface area contributed by atoms with Gasteiger partial charge in [-0.05, 0) is 12.8 Å². The summed E-state index contributed by atoms with van der Waals surface area (Å²) in [7, 11) is -4.32. The third-order valence-corrected chi connectivity index (χ3v) is 5.45. The van der Waals surface area contributed by atoms with Crippen molar-refractivity contribution in [3.63, 3.8) is 0 Å². The highest BCUT2D eigenvalue weighted by Gasteiger charge is 2.25. The number of rotatable bonds is 21. The van der Waals surface area contributed by atoms with Crippen molar-refractivity contribution < 1.29 is 37.6 Å². The molecule has 0 radical (unpaired) electrons. The third kappa shape index (κ3) is 19.4. The largest absolute Gasteiger partial charge is 0.472 e. The first-order valence-corrected chi connectivity index (χ1v) is 13.0. The number of phosphoric ester groups is 1. The molecule has 0 spiro atoms. The molecule has 10 heteroatoms. The van der Waals surface area contributed by atoms with Gasteiger partial charge in [0, 0.05) is 19.4 Å². The summed E-state index contributed by atoms with van der Waals surface area (Å²) in [6.45, 7) is 3.26. The fourth-order valence-corrected chi connectivity index (χ4v) is 3.55. The lowest BCUT2D eigenvalue weighted by atomic mass is 10.1.